The average Bonchev–Trinajstić information content (AvgIpc) is 3.12. The Labute approximate surface area is 186 Å². The van der Waals surface area contributed by atoms with Gasteiger partial charge in [0, 0.05) is 5.92 Å². The predicted molar refractivity (Wildman–Crippen MR) is 118 cm³/mol. The Balaban J connectivity index is 1.64. The summed E-state index contributed by atoms with van der Waals surface area (Å²) in [6, 6.07) is 15.1. The minimum Gasteiger partial charge on any atom is -0.479 e. The number of alkyl carbamates (subject to hydrolysis) is 1. The fraction of sp³-hybridized carbons (Fsp3) is 0.375. The molecule has 2 aromatic rings. The lowest BCUT2D eigenvalue weighted by molar-refractivity contribution is -0.146. The molecule has 0 aliphatic heterocycles. The molecule has 8 heteroatoms. The number of hydrogen-bond donors (Lipinski definition) is 4. The van der Waals surface area contributed by atoms with Crippen molar-refractivity contribution in [1.29, 1.82) is 0 Å². The average molecular weight is 440 g/mol. The zero-order valence-electron chi connectivity index (χ0n) is 18.1. The maximum atomic E-state index is 12.5. The summed E-state index contributed by atoms with van der Waals surface area (Å²) in [6.45, 7) is 3.33. The molecule has 0 saturated carbocycles. The summed E-state index contributed by atoms with van der Waals surface area (Å²) >= 11 is 0. The van der Waals surface area contributed by atoms with Crippen LogP contribution in [0.25, 0.3) is 11.1 Å². The van der Waals surface area contributed by atoms with Gasteiger partial charge < -0.3 is 25.6 Å². The Morgan fingerprint density at radius 2 is 1.59 bits per heavy atom. The van der Waals surface area contributed by atoms with Crippen molar-refractivity contribution in [2.75, 3.05) is 13.2 Å². The molecular formula is C24H28N2O6. The van der Waals surface area contributed by atoms with Gasteiger partial charge in [0.05, 0.1) is 6.54 Å². The van der Waals surface area contributed by atoms with Crippen molar-refractivity contribution in [1.82, 2.24) is 10.6 Å². The number of amides is 2. The molecule has 0 bridgehead atoms. The topological polar surface area (TPSA) is 125 Å². The highest BCUT2D eigenvalue weighted by Crippen LogP contribution is 2.44. The predicted octanol–water partition coefficient (Wildman–Crippen LogP) is 2.50. The standard InChI is InChI=1S/C24H28N2O6/c1-3-14(2)21(22(28)25-12-20(27)23(29)30)26-24(31)32-13-19-17-10-6-4-8-15(17)16-9-5-7-11-18(16)19/h4-11,14,19-21,27H,3,12-13H2,1-2H3,(H,25,28)(H,26,31)(H,29,30)/t14?,20-,21?/m0/s1. The molecule has 3 atom stereocenters. The first-order valence-electron chi connectivity index (χ1n) is 10.6. The number of carboxylic acids is 1. The van der Waals surface area contributed by atoms with Gasteiger partial charge >= 0.3 is 12.1 Å². The summed E-state index contributed by atoms with van der Waals surface area (Å²) in [7, 11) is 0. The van der Waals surface area contributed by atoms with E-state index in [2.05, 4.69) is 10.6 Å². The minimum atomic E-state index is -1.72. The van der Waals surface area contributed by atoms with E-state index in [0.29, 0.717) is 6.42 Å². The van der Waals surface area contributed by atoms with E-state index >= 15 is 0 Å². The molecule has 0 fully saturated rings. The van der Waals surface area contributed by atoms with Crippen LogP contribution in [0.2, 0.25) is 0 Å². The second kappa shape index (κ2) is 10.3. The van der Waals surface area contributed by atoms with Gasteiger partial charge in [-0.3, -0.25) is 4.79 Å². The number of carbonyl (C=O) groups excluding carboxylic acids is 2. The molecule has 2 unspecified atom stereocenters. The van der Waals surface area contributed by atoms with E-state index in [9.17, 15) is 19.5 Å². The van der Waals surface area contributed by atoms with E-state index in [0.717, 1.165) is 22.3 Å². The molecule has 32 heavy (non-hydrogen) atoms. The van der Waals surface area contributed by atoms with E-state index in [1.165, 1.54) is 0 Å². The Kier molecular flexibility index (Phi) is 7.48. The molecule has 0 heterocycles. The Morgan fingerprint density at radius 1 is 1.03 bits per heavy atom. The Morgan fingerprint density at radius 3 is 2.12 bits per heavy atom. The second-order valence-corrected chi connectivity index (χ2v) is 7.93. The molecule has 1 aliphatic carbocycles. The third-order valence-corrected chi connectivity index (χ3v) is 5.87. The zero-order chi connectivity index (χ0) is 23.3. The van der Waals surface area contributed by atoms with E-state index < -0.39 is 36.7 Å². The van der Waals surface area contributed by atoms with Crippen LogP contribution in [-0.4, -0.2) is 53.5 Å². The molecule has 4 N–H and O–H groups in total. The van der Waals surface area contributed by atoms with Crippen molar-refractivity contribution in [3.8, 4) is 11.1 Å². The highest BCUT2D eigenvalue weighted by Gasteiger charge is 2.31. The molecule has 170 valence electrons. The number of aliphatic hydroxyl groups excluding tert-OH is 1. The molecular weight excluding hydrogens is 412 g/mol. The number of fused-ring (bicyclic) bond motifs is 3. The monoisotopic (exact) mass is 440 g/mol. The van der Waals surface area contributed by atoms with Crippen LogP contribution in [0.1, 0.15) is 37.3 Å². The third kappa shape index (κ3) is 5.08. The van der Waals surface area contributed by atoms with Gasteiger partial charge in [-0.25, -0.2) is 9.59 Å². The number of ether oxygens (including phenoxy) is 1. The second-order valence-electron chi connectivity index (χ2n) is 7.93. The van der Waals surface area contributed by atoms with Gasteiger partial charge in [-0.15, -0.1) is 0 Å². The summed E-state index contributed by atoms with van der Waals surface area (Å²) < 4.78 is 5.51. The molecule has 0 aromatic heterocycles. The lowest BCUT2D eigenvalue weighted by Gasteiger charge is -2.24. The third-order valence-electron chi connectivity index (χ3n) is 5.87. The number of carboxylic acid groups (broad SMARTS) is 1. The van der Waals surface area contributed by atoms with E-state index in [1.807, 2.05) is 55.5 Å². The smallest absolute Gasteiger partial charge is 0.407 e. The van der Waals surface area contributed by atoms with Crippen molar-refractivity contribution < 1.29 is 29.3 Å². The van der Waals surface area contributed by atoms with Crippen LogP contribution in [0.4, 0.5) is 4.79 Å². The van der Waals surface area contributed by atoms with Crippen molar-refractivity contribution in [3.05, 3.63) is 59.7 Å². The summed E-state index contributed by atoms with van der Waals surface area (Å²) in [5.41, 5.74) is 4.40. The number of aliphatic carboxylic acids is 1. The normalized spacial score (nSPS) is 15.1. The van der Waals surface area contributed by atoms with Gasteiger partial charge in [0.1, 0.15) is 12.6 Å². The molecule has 3 rings (SSSR count). The van der Waals surface area contributed by atoms with Crippen molar-refractivity contribution >= 4 is 18.0 Å². The summed E-state index contributed by atoms with van der Waals surface area (Å²) in [6.07, 6.45) is -1.85. The highest BCUT2D eigenvalue weighted by atomic mass is 16.5. The van der Waals surface area contributed by atoms with Crippen molar-refractivity contribution in [2.45, 2.75) is 38.3 Å². The first-order valence-corrected chi connectivity index (χ1v) is 10.6. The van der Waals surface area contributed by atoms with Crippen LogP contribution < -0.4 is 10.6 Å². The summed E-state index contributed by atoms with van der Waals surface area (Å²) in [4.78, 5) is 35.8. The van der Waals surface area contributed by atoms with Gasteiger partial charge in [0.25, 0.3) is 0 Å². The van der Waals surface area contributed by atoms with Crippen molar-refractivity contribution in [2.24, 2.45) is 5.92 Å². The Bertz CT molecular complexity index is 946. The number of benzene rings is 2. The summed E-state index contributed by atoms with van der Waals surface area (Å²) in [5, 5.41) is 23.1. The number of nitrogens with one attached hydrogen (secondary N) is 2. The van der Waals surface area contributed by atoms with Gasteiger partial charge in [-0.2, -0.15) is 0 Å². The molecule has 0 saturated heterocycles. The molecule has 0 spiro atoms. The lowest BCUT2D eigenvalue weighted by atomic mass is 9.98. The first-order chi connectivity index (χ1) is 15.3. The van der Waals surface area contributed by atoms with E-state index in [4.69, 9.17) is 9.84 Å². The fourth-order valence-electron chi connectivity index (χ4n) is 3.86. The maximum absolute atomic E-state index is 12.5. The van der Waals surface area contributed by atoms with Crippen LogP contribution in [0.15, 0.2) is 48.5 Å². The molecule has 8 nitrogen and oxygen atoms in total. The number of rotatable bonds is 9. The van der Waals surface area contributed by atoms with Crippen LogP contribution in [0.3, 0.4) is 0 Å². The lowest BCUT2D eigenvalue weighted by Crippen LogP contribution is -2.52. The molecule has 2 amide bonds. The first kappa shape index (κ1) is 23.3. The summed E-state index contributed by atoms with van der Waals surface area (Å²) in [5.74, 6) is -2.34. The van der Waals surface area contributed by atoms with Gasteiger partial charge in [0.15, 0.2) is 6.10 Å². The van der Waals surface area contributed by atoms with E-state index in [-0.39, 0.29) is 18.4 Å². The number of carbonyl (C=O) groups is 3. The van der Waals surface area contributed by atoms with E-state index in [1.54, 1.807) is 6.92 Å². The van der Waals surface area contributed by atoms with Gasteiger partial charge in [0.2, 0.25) is 5.91 Å². The van der Waals surface area contributed by atoms with Crippen molar-refractivity contribution in [3.63, 3.8) is 0 Å². The van der Waals surface area contributed by atoms with Gasteiger partial charge in [-0.1, -0.05) is 68.8 Å². The van der Waals surface area contributed by atoms with Crippen LogP contribution >= 0.6 is 0 Å². The fourth-order valence-corrected chi connectivity index (χ4v) is 3.86. The van der Waals surface area contributed by atoms with Crippen LogP contribution in [0.5, 0.6) is 0 Å². The van der Waals surface area contributed by atoms with Crippen LogP contribution in [0, 0.1) is 5.92 Å². The molecule has 2 aromatic carbocycles. The number of aliphatic hydroxyl groups is 1. The van der Waals surface area contributed by atoms with Crippen LogP contribution in [-0.2, 0) is 14.3 Å². The van der Waals surface area contributed by atoms with Gasteiger partial charge in [-0.05, 0) is 28.2 Å². The molecule has 1 aliphatic rings. The molecule has 0 radical (unpaired) electrons. The quantitative estimate of drug-likeness (QED) is 0.475. The highest BCUT2D eigenvalue weighted by molar-refractivity contribution is 5.86. The zero-order valence-corrected chi connectivity index (χ0v) is 18.1. The number of hydrogen-bond acceptors (Lipinski definition) is 5. The SMILES string of the molecule is CCC(C)C(NC(=O)OCC1c2ccccc2-c2ccccc21)C(=O)NC[C@H](O)C(=O)O. The Hall–Kier alpha value is -3.39. The minimum absolute atomic E-state index is 0.102. The maximum Gasteiger partial charge on any atom is 0.407 e. The largest absolute Gasteiger partial charge is 0.479 e.